The number of anilines is 1. The number of carbonyl (C=O) groups is 2. The van der Waals surface area contributed by atoms with Crippen LogP contribution in [0.3, 0.4) is 0 Å². The number of rotatable bonds is 3. The first-order chi connectivity index (χ1) is 10.1. The van der Waals surface area contributed by atoms with Crippen molar-refractivity contribution in [1.82, 2.24) is 5.32 Å². The summed E-state index contributed by atoms with van der Waals surface area (Å²) in [6.45, 7) is 0.897. The molecule has 1 saturated carbocycles. The van der Waals surface area contributed by atoms with Crippen molar-refractivity contribution in [3.8, 4) is 0 Å². The van der Waals surface area contributed by atoms with Gasteiger partial charge < -0.3 is 15.7 Å². The Morgan fingerprint density at radius 3 is 2.86 bits per heavy atom. The Morgan fingerprint density at radius 2 is 2.14 bits per heavy atom. The first kappa shape index (κ1) is 14.4. The summed E-state index contributed by atoms with van der Waals surface area (Å²) in [6.07, 6.45) is 3.46. The lowest BCUT2D eigenvalue weighted by Crippen LogP contribution is -2.39. The number of amides is 1. The van der Waals surface area contributed by atoms with Crippen LogP contribution >= 0.6 is 11.6 Å². The minimum Gasteiger partial charge on any atom is -0.478 e. The average molecular weight is 309 g/mol. The number of nitrogens with one attached hydrogen (secondary N) is 2. The highest BCUT2D eigenvalue weighted by atomic mass is 35.5. The molecule has 1 aliphatic carbocycles. The second kappa shape index (κ2) is 5.66. The van der Waals surface area contributed by atoms with Crippen LogP contribution < -0.4 is 10.6 Å². The van der Waals surface area contributed by atoms with Crippen LogP contribution in [0.15, 0.2) is 18.2 Å². The number of hydrogen-bond donors (Lipinski definition) is 3. The molecule has 1 heterocycles. The summed E-state index contributed by atoms with van der Waals surface area (Å²) in [5.41, 5.74) is 0.558. The van der Waals surface area contributed by atoms with Crippen LogP contribution in [0, 0.1) is 11.8 Å². The lowest BCUT2D eigenvalue weighted by molar-refractivity contribution is -0.118. The molecule has 3 rings (SSSR count). The van der Waals surface area contributed by atoms with Crippen molar-refractivity contribution in [2.24, 2.45) is 11.8 Å². The molecule has 2 aliphatic rings. The number of fused-ring (bicyclic) bond motifs is 1. The maximum atomic E-state index is 12.4. The van der Waals surface area contributed by atoms with E-state index in [2.05, 4.69) is 10.6 Å². The molecule has 5 nitrogen and oxygen atoms in total. The summed E-state index contributed by atoms with van der Waals surface area (Å²) < 4.78 is 0. The van der Waals surface area contributed by atoms with E-state index >= 15 is 0 Å². The van der Waals surface area contributed by atoms with E-state index < -0.39 is 5.97 Å². The van der Waals surface area contributed by atoms with Crippen LogP contribution in [0.5, 0.6) is 0 Å². The summed E-state index contributed by atoms with van der Waals surface area (Å²) in [6, 6.07) is 4.14. The Hall–Kier alpha value is -1.59. The highest BCUT2D eigenvalue weighted by molar-refractivity contribution is 6.34. The van der Waals surface area contributed by atoms with E-state index in [1.165, 1.54) is 31.0 Å². The summed E-state index contributed by atoms with van der Waals surface area (Å²) in [5.74, 6) is -0.122. The fraction of sp³-hybridized carbons (Fsp3) is 0.467. The quantitative estimate of drug-likeness (QED) is 0.801. The largest absolute Gasteiger partial charge is 0.478 e. The number of halogens is 1. The molecule has 0 aromatic heterocycles. The predicted molar refractivity (Wildman–Crippen MR) is 79.7 cm³/mol. The van der Waals surface area contributed by atoms with Crippen LogP contribution in [0.2, 0.25) is 5.02 Å². The van der Waals surface area contributed by atoms with Crippen molar-refractivity contribution < 1.29 is 14.7 Å². The van der Waals surface area contributed by atoms with E-state index in [1.807, 2.05) is 0 Å². The standard InChI is InChI=1S/C15H17ClN2O3/c16-11-6-8(15(20)21)4-5-12(11)18-14(19)13-10-3-1-2-9(10)7-17-13/h4-6,9-10,13,17H,1-3,7H2,(H,18,19)(H,20,21). The number of aromatic carboxylic acids is 1. The third-order valence-corrected chi connectivity index (χ3v) is 4.82. The topological polar surface area (TPSA) is 78.4 Å². The molecule has 2 fully saturated rings. The van der Waals surface area contributed by atoms with Gasteiger partial charge in [-0.1, -0.05) is 18.0 Å². The molecule has 0 radical (unpaired) electrons. The number of hydrogen-bond acceptors (Lipinski definition) is 3. The molecule has 3 atom stereocenters. The van der Waals surface area contributed by atoms with Crippen molar-refractivity contribution in [3.05, 3.63) is 28.8 Å². The average Bonchev–Trinajstić information content (AvgIpc) is 3.03. The molecule has 0 bridgehead atoms. The number of carbonyl (C=O) groups excluding carboxylic acids is 1. The van der Waals surface area contributed by atoms with Gasteiger partial charge in [-0.15, -0.1) is 0 Å². The second-order valence-electron chi connectivity index (χ2n) is 5.73. The summed E-state index contributed by atoms with van der Waals surface area (Å²) >= 11 is 6.04. The van der Waals surface area contributed by atoms with E-state index in [-0.39, 0.29) is 22.5 Å². The van der Waals surface area contributed by atoms with E-state index in [4.69, 9.17) is 16.7 Å². The molecule has 1 saturated heterocycles. The molecule has 1 aromatic rings. The Bertz CT molecular complexity index is 590. The molecule has 1 amide bonds. The first-order valence-electron chi connectivity index (χ1n) is 7.13. The molecule has 1 aromatic carbocycles. The Morgan fingerprint density at radius 1 is 1.33 bits per heavy atom. The molecular formula is C15H17ClN2O3. The highest BCUT2D eigenvalue weighted by Gasteiger charge is 2.42. The number of carboxylic acids is 1. The van der Waals surface area contributed by atoms with E-state index in [0.29, 0.717) is 17.5 Å². The van der Waals surface area contributed by atoms with Crippen molar-refractivity contribution in [2.75, 3.05) is 11.9 Å². The fourth-order valence-electron chi connectivity index (χ4n) is 3.43. The van der Waals surface area contributed by atoms with E-state index in [1.54, 1.807) is 0 Å². The second-order valence-corrected chi connectivity index (χ2v) is 6.14. The first-order valence-corrected chi connectivity index (χ1v) is 7.51. The monoisotopic (exact) mass is 308 g/mol. The van der Waals surface area contributed by atoms with Crippen molar-refractivity contribution in [3.63, 3.8) is 0 Å². The van der Waals surface area contributed by atoms with Gasteiger partial charge in [0, 0.05) is 0 Å². The maximum absolute atomic E-state index is 12.4. The van der Waals surface area contributed by atoms with Crippen molar-refractivity contribution in [2.45, 2.75) is 25.3 Å². The zero-order chi connectivity index (χ0) is 15.0. The van der Waals surface area contributed by atoms with Gasteiger partial charge in [-0.3, -0.25) is 4.79 Å². The van der Waals surface area contributed by atoms with Gasteiger partial charge in [0.15, 0.2) is 0 Å². The lowest BCUT2D eigenvalue weighted by Gasteiger charge is -2.18. The van der Waals surface area contributed by atoms with Crippen LogP contribution in [0.25, 0.3) is 0 Å². The third-order valence-electron chi connectivity index (χ3n) is 4.50. The molecule has 3 N–H and O–H groups in total. The maximum Gasteiger partial charge on any atom is 0.335 e. The smallest absolute Gasteiger partial charge is 0.335 e. The van der Waals surface area contributed by atoms with Gasteiger partial charge in [0.2, 0.25) is 5.91 Å². The molecular weight excluding hydrogens is 292 g/mol. The molecule has 1 aliphatic heterocycles. The Kier molecular flexibility index (Phi) is 3.87. The SMILES string of the molecule is O=C(O)c1ccc(NC(=O)C2NCC3CCCC32)c(Cl)c1. The third kappa shape index (κ3) is 2.76. The van der Waals surface area contributed by atoms with E-state index in [0.717, 1.165) is 13.0 Å². The molecule has 0 spiro atoms. The molecule has 3 unspecified atom stereocenters. The molecule has 112 valence electrons. The van der Waals surface area contributed by atoms with Gasteiger partial charge in [0.1, 0.15) is 0 Å². The Balaban J connectivity index is 1.71. The van der Waals surface area contributed by atoms with Crippen molar-refractivity contribution in [1.29, 1.82) is 0 Å². The van der Waals surface area contributed by atoms with Crippen molar-refractivity contribution >= 4 is 29.2 Å². The van der Waals surface area contributed by atoms with Crippen LogP contribution in [0.4, 0.5) is 5.69 Å². The van der Waals surface area contributed by atoms with Crippen LogP contribution in [-0.2, 0) is 4.79 Å². The van der Waals surface area contributed by atoms with Gasteiger partial charge in [-0.2, -0.15) is 0 Å². The zero-order valence-electron chi connectivity index (χ0n) is 11.4. The van der Waals surface area contributed by atoms with Crippen LogP contribution in [0.1, 0.15) is 29.6 Å². The zero-order valence-corrected chi connectivity index (χ0v) is 12.2. The number of carboxylic acid groups (broad SMARTS) is 1. The van der Waals surface area contributed by atoms with E-state index in [9.17, 15) is 9.59 Å². The number of benzene rings is 1. The van der Waals surface area contributed by atoms with Crippen LogP contribution in [-0.4, -0.2) is 29.6 Å². The van der Waals surface area contributed by atoms with Gasteiger partial charge >= 0.3 is 5.97 Å². The minimum atomic E-state index is -1.04. The van der Waals surface area contributed by atoms with Gasteiger partial charge in [0.05, 0.1) is 22.3 Å². The molecule has 6 heteroatoms. The predicted octanol–water partition coefficient (Wildman–Crippen LogP) is 2.36. The summed E-state index contributed by atoms with van der Waals surface area (Å²) in [7, 11) is 0. The lowest BCUT2D eigenvalue weighted by atomic mass is 9.93. The summed E-state index contributed by atoms with van der Waals surface area (Å²) in [5, 5.41) is 15.2. The highest BCUT2D eigenvalue weighted by Crippen LogP contribution is 2.38. The van der Waals surface area contributed by atoms with Gasteiger partial charge in [-0.25, -0.2) is 4.79 Å². The normalized spacial score (nSPS) is 27.4. The summed E-state index contributed by atoms with van der Waals surface area (Å²) in [4.78, 5) is 23.2. The Labute approximate surface area is 127 Å². The minimum absolute atomic E-state index is 0.0885. The van der Waals surface area contributed by atoms with Gasteiger partial charge in [-0.05, 0) is 49.4 Å². The molecule has 21 heavy (non-hydrogen) atoms. The van der Waals surface area contributed by atoms with Gasteiger partial charge in [0.25, 0.3) is 0 Å². The fourth-order valence-corrected chi connectivity index (χ4v) is 3.66.